The Kier molecular flexibility index (Phi) is 8.63. The Balaban J connectivity index is 1.81. The predicted molar refractivity (Wildman–Crippen MR) is 100 cm³/mol. The molecule has 0 radical (unpaired) electrons. The Morgan fingerprint density at radius 3 is 2.71 bits per heavy atom. The number of benzene rings is 1. The standard InChI is InChI=1S/C19H32N4O/c1-3-20-19(21-10-13-23-11-5-4-6-12-23)22-15-17-8-7-9-18(14-17)16-24-2/h7-9,14H,3-6,10-13,15-16H2,1-2H3,(H2,20,21,22). The summed E-state index contributed by atoms with van der Waals surface area (Å²) in [6, 6.07) is 8.42. The van der Waals surface area contributed by atoms with E-state index in [1.807, 2.05) is 0 Å². The van der Waals surface area contributed by atoms with Gasteiger partial charge in [0.25, 0.3) is 0 Å². The second-order valence-corrected chi connectivity index (χ2v) is 6.28. The van der Waals surface area contributed by atoms with E-state index in [0.29, 0.717) is 13.2 Å². The van der Waals surface area contributed by atoms with Gasteiger partial charge in [-0.05, 0) is 44.0 Å². The Morgan fingerprint density at radius 2 is 1.96 bits per heavy atom. The highest BCUT2D eigenvalue weighted by molar-refractivity contribution is 5.79. The quantitative estimate of drug-likeness (QED) is 0.567. The maximum atomic E-state index is 5.19. The number of rotatable bonds is 8. The molecule has 1 fully saturated rings. The van der Waals surface area contributed by atoms with Gasteiger partial charge in [0, 0.05) is 26.7 Å². The lowest BCUT2D eigenvalue weighted by Gasteiger charge is -2.26. The van der Waals surface area contributed by atoms with Gasteiger partial charge in [-0.3, -0.25) is 0 Å². The average Bonchev–Trinajstić information content (AvgIpc) is 2.61. The lowest BCUT2D eigenvalue weighted by Crippen LogP contribution is -2.42. The summed E-state index contributed by atoms with van der Waals surface area (Å²) in [7, 11) is 1.72. The van der Waals surface area contributed by atoms with Crippen LogP contribution in [0.2, 0.25) is 0 Å². The van der Waals surface area contributed by atoms with E-state index >= 15 is 0 Å². The van der Waals surface area contributed by atoms with Gasteiger partial charge >= 0.3 is 0 Å². The topological polar surface area (TPSA) is 48.9 Å². The Labute approximate surface area is 146 Å². The fourth-order valence-electron chi connectivity index (χ4n) is 3.01. The number of aliphatic imine (C=N–C) groups is 1. The van der Waals surface area contributed by atoms with Crippen LogP contribution in [0.15, 0.2) is 29.3 Å². The Hall–Kier alpha value is -1.59. The van der Waals surface area contributed by atoms with Crippen molar-refractivity contribution in [1.82, 2.24) is 15.5 Å². The summed E-state index contributed by atoms with van der Waals surface area (Å²) in [5, 5.41) is 6.78. The van der Waals surface area contributed by atoms with E-state index in [9.17, 15) is 0 Å². The van der Waals surface area contributed by atoms with Gasteiger partial charge in [-0.2, -0.15) is 0 Å². The molecule has 1 heterocycles. The van der Waals surface area contributed by atoms with E-state index in [1.54, 1.807) is 7.11 Å². The minimum absolute atomic E-state index is 0.645. The molecule has 0 saturated carbocycles. The third-order valence-electron chi connectivity index (χ3n) is 4.24. The largest absolute Gasteiger partial charge is 0.380 e. The molecule has 0 aliphatic carbocycles. The molecule has 134 valence electrons. The van der Waals surface area contributed by atoms with Crippen LogP contribution in [-0.2, 0) is 17.9 Å². The molecule has 1 saturated heterocycles. The van der Waals surface area contributed by atoms with Gasteiger partial charge in [0.15, 0.2) is 5.96 Å². The van der Waals surface area contributed by atoms with Crippen LogP contribution in [0.5, 0.6) is 0 Å². The van der Waals surface area contributed by atoms with Crippen molar-refractivity contribution in [3.8, 4) is 0 Å². The number of nitrogens with one attached hydrogen (secondary N) is 2. The first-order valence-corrected chi connectivity index (χ1v) is 9.13. The fourth-order valence-corrected chi connectivity index (χ4v) is 3.01. The van der Waals surface area contributed by atoms with E-state index < -0.39 is 0 Å². The first-order valence-electron chi connectivity index (χ1n) is 9.13. The number of nitrogens with zero attached hydrogens (tertiary/aromatic N) is 2. The van der Waals surface area contributed by atoms with Crippen molar-refractivity contribution >= 4 is 5.96 Å². The third kappa shape index (κ3) is 6.89. The van der Waals surface area contributed by atoms with Gasteiger partial charge in [0.1, 0.15) is 0 Å². The Morgan fingerprint density at radius 1 is 1.17 bits per heavy atom. The smallest absolute Gasteiger partial charge is 0.191 e. The summed E-state index contributed by atoms with van der Waals surface area (Å²) in [5.41, 5.74) is 2.39. The predicted octanol–water partition coefficient (Wildman–Crippen LogP) is 2.37. The summed E-state index contributed by atoms with van der Waals surface area (Å²) in [5.74, 6) is 0.895. The summed E-state index contributed by atoms with van der Waals surface area (Å²) >= 11 is 0. The van der Waals surface area contributed by atoms with Crippen LogP contribution in [0, 0.1) is 0 Å². The second-order valence-electron chi connectivity index (χ2n) is 6.28. The van der Waals surface area contributed by atoms with Crippen molar-refractivity contribution in [2.24, 2.45) is 4.99 Å². The van der Waals surface area contributed by atoms with Gasteiger partial charge < -0.3 is 20.3 Å². The van der Waals surface area contributed by atoms with Crippen molar-refractivity contribution in [2.75, 3.05) is 39.8 Å². The Bertz CT molecular complexity index is 498. The molecule has 0 aromatic heterocycles. The molecule has 0 bridgehead atoms. The van der Waals surface area contributed by atoms with E-state index in [0.717, 1.165) is 25.6 Å². The zero-order chi connectivity index (χ0) is 17.0. The lowest BCUT2D eigenvalue weighted by molar-refractivity contribution is 0.185. The van der Waals surface area contributed by atoms with E-state index in [4.69, 9.17) is 9.73 Å². The number of ether oxygens (including phenoxy) is 1. The molecule has 2 N–H and O–H groups in total. The molecule has 0 spiro atoms. The van der Waals surface area contributed by atoms with Gasteiger partial charge in [-0.25, -0.2) is 4.99 Å². The number of guanidine groups is 1. The van der Waals surface area contributed by atoms with Crippen LogP contribution in [0.1, 0.15) is 37.3 Å². The maximum absolute atomic E-state index is 5.19. The third-order valence-corrected chi connectivity index (χ3v) is 4.24. The maximum Gasteiger partial charge on any atom is 0.191 e. The number of hydrogen-bond donors (Lipinski definition) is 2. The molecule has 1 aromatic carbocycles. The summed E-state index contributed by atoms with van der Waals surface area (Å²) in [4.78, 5) is 7.24. The highest BCUT2D eigenvalue weighted by atomic mass is 16.5. The molecule has 5 nitrogen and oxygen atoms in total. The van der Waals surface area contributed by atoms with Crippen molar-refractivity contribution in [3.63, 3.8) is 0 Å². The monoisotopic (exact) mass is 332 g/mol. The van der Waals surface area contributed by atoms with Gasteiger partial charge in [-0.15, -0.1) is 0 Å². The molecular weight excluding hydrogens is 300 g/mol. The molecule has 0 atom stereocenters. The van der Waals surface area contributed by atoms with E-state index in [-0.39, 0.29) is 0 Å². The van der Waals surface area contributed by atoms with Crippen molar-refractivity contribution in [3.05, 3.63) is 35.4 Å². The molecule has 1 aromatic rings. The van der Waals surface area contributed by atoms with Crippen molar-refractivity contribution in [1.29, 1.82) is 0 Å². The first-order chi connectivity index (χ1) is 11.8. The summed E-state index contributed by atoms with van der Waals surface area (Å²) in [6.07, 6.45) is 4.06. The first kappa shape index (κ1) is 18.7. The van der Waals surface area contributed by atoms with Crippen LogP contribution < -0.4 is 10.6 Å². The van der Waals surface area contributed by atoms with Crippen molar-refractivity contribution in [2.45, 2.75) is 39.3 Å². The molecule has 2 rings (SSSR count). The average molecular weight is 332 g/mol. The molecule has 1 aliphatic rings. The zero-order valence-corrected chi connectivity index (χ0v) is 15.2. The van der Waals surface area contributed by atoms with E-state index in [1.165, 1.54) is 43.5 Å². The molecule has 1 aliphatic heterocycles. The van der Waals surface area contributed by atoms with Crippen LogP contribution >= 0.6 is 0 Å². The minimum atomic E-state index is 0.645. The minimum Gasteiger partial charge on any atom is -0.380 e. The number of piperidine rings is 1. The van der Waals surface area contributed by atoms with Crippen molar-refractivity contribution < 1.29 is 4.74 Å². The molecule has 0 unspecified atom stereocenters. The number of methoxy groups -OCH3 is 1. The molecular formula is C19H32N4O. The van der Waals surface area contributed by atoms with Crippen LogP contribution in [-0.4, -0.2) is 50.7 Å². The normalized spacial score (nSPS) is 16.2. The SMILES string of the molecule is CCNC(=NCc1cccc(COC)c1)NCCN1CCCCC1. The van der Waals surface area contributed by atoms with Gasteiger partial charge in [0.05, 0.1) is 13.2 Å². The highest BCUT2D eigenvalue weighted by Gasteiger charge is 2.09. The number of hydrogen-bond acceptors (Lipinski definition) is 3. The van der Waals surface area contributed by atoms with E-state index in [2.05, 4.69) is 46.7 Å². The van der Waals surface area contributed by atoms with Crippen LogP contribution in [0.25, 0.3) is 0 Å². The van der Waals surface area contributed by atoms with Gasteiger partial charge in [-0.1, -0.05) is 30.7 Å². The molecule has 24 heavy (non-hydrogen) atoms. The second kappa shape index (κ2) is 11.0. The van der Waals surface area contributed by atoms with Crippen LogP contribution in [0.3, 0.4) is 0 Å². The number of likely N-dealkylation sites (tertiary alicyclic amines) is 1. The fraction of sp³-hybridized carbons (Fsp3) is 0.632. The highest BCUT2D eigenvalue weighted by Crippen LogP contribution is 2.08. The molecule has 5 heteroatoms. The lowest BCUT2D eigenvalue weighted by atomic mass is 10.1. The molecule has 0 amide bonds. The summed E-state index contributed by atoms with van der Waals surface area (Å²) in [6.45, 7) is 8.80. The zero-order valence-electron chi connectivity index (χ0n) is 15.2. The van der Waals surface area contributed by atoms with Crippen LogP contribution in [0.4, 0.5) is 0 Å². The summed E-state index contributed by atoms with van der Waals surface area (Å²) < 4.78 is 5.19. The van der Waals surface area contributed by atoms with Gasteiger partial charge in [0.2, 0.25) is 0 Å².